The van der Waals surface area contributed by atoms with Crippen LogP contribution >= 0.6 is 12.2 Å². The van der Waals surface area contributed by atoms with Gasteiger partial charge in [0.05, 0.1) is 0 Å². The molecule has 1 aliphatic carbocycles. The summed E-state index contributed by atoms with van der Waals surface area (Å²) in [5, 5.41) is 4.21. The van der Waals surface area contributed by atoms with Crippen molar-refractivity contribution in [3.05, 3.63) is 29.7 Å². The van der Waals surface area contributed by atoms with Crippen molar-refractivity contribution in [3.8, 4) is 5.82 Å². The summed E-state index contributed by atoms with van der Waals surface area (Å²) in [6.45, 7) is 0. The average Bonchev–Trinajstić information content (AvgIpc) is 2.97. The SMILES string of the molecule is NC(=S)c1ncn(-c2ncnc3c2CCC3)n1. The zero-order valence-electron chi connectivity index (χ0n) is 9.00. The highest BCUT2D eigenvalue weighted by Crippen LogP contribution is 2.23. The molecule has 17 heavy (non-hydrogen) atoms. The van der Waals surface area contributed by atoms with Crippen LogP contribution in [-0.2, 0) is 12.8 Å². The molecule has 2 heterocycles. The Morgan fingerprint density at radius 3 is 2.94 bits per heavy atom. The molecule has 7 heteroatoms. The van der Waals surface area contributed by atoms with Crippen molar-refractivity contribution >= 4 is 17.2 Å². The number of rotatable bonds is 2. The summed E-state index contributed by atoms with van der Waals surface area (Å²) in [5.41, 5.74) is 7.72. The molecule has 86 valence electrons. The lowest BCUT2D eigenvalue weighted by Crippen LogP contribution is -2.12. The molecule has 0 saturated carbocycles. The molecular formula is C10H10N6S. The van der Waals surface area contributed by atoms with Crippen molar-refractivity contribution in [1.29, 1.82) is 0 Å². The van der Waals surface area contributed by atoms with Gasteiger partial charge in [0.25, 0.3) is 0 Å². The number of hydrogen-bond donors (Lipinski definition) is 1. The third-order valence-electron chi connectivity index (χ3n) is 2.78. The summed E-state index contributed by atoms with van der Waals surface area (Å²) < 4.78 is 1.61. The first-order chi connectivity index (χ1) is 8.25. The van der Waals surface area contributed by atoms with Gasteiger partial charge in [-0.2, -0.15) is 0 Å². The van der Waals surface area contributed by atoms with Gasteiger partial charge in [-0.3, -0.25) is 0 Å². The lowest BCUT2D eigenvalue weighted by Gasteiger charge is -2.04. The van der Waals surface area contributed by atoms with Gasteiger partial charge in [-0.05, 0) is 19.3 Å². The quantitative estimate of drug-likeness (QED) is 0.761. The smallest absolute Gasteiger partial charge is 0.208 e. The topological polar surface area (TPSA) is 82.5 Å². The van der Waals surface area contributed by atoms with Gasteiger partial charge in [0.2, 0.25) is 5.82 Å². The van der Waals surface area contributed by atoms with E-state index in [9.17, 15) is 0 Å². The van der Waals surface area contributed by atoms with Crippen LogP contribution in [0.3, 0.4) is 0 Å². The van der Waals surface area contributed by atoms with Gasteiger partial charge in [0.15, 0.2) is 5.82 Å². The van der Waals surface area contributed by atoms with E-state index in [2.05, 4.69) is 20.1 Å². The van der Waals surface area contributed by atoms with E-state index in [1.165, 1.54) is 0 Å². The van der Waals surface area contributed by atoms with Crippen LogP contribution in [0.5, 0.6) is 0 Å². The van der Waals surface area contributed by atoms with E-state index in [1.54, 1.807) is 17.3 Å². The summed E-state index contributed by atoms with van der Waals surface area (Å²) in [6, 6.07) is 0. The van der Waals surface area contributed by atoms with Gasteiger partial charge in [0, 0.05) is 11.3 Å². The number of nitrogens with zero attached hydrogens (tertiary/aromatic N) is 5. The second kappa shape index (κ2) is 3.85. The van der Waals surface area contributed by atoms with Crippen molar-refractivity contribution in [2.45, 2.75) is 19.3 Å². The lowest BCUT2D eigenvalue weighted by atomic mass is 10.2. The first kappa shape index (κ1) is 10.3. The third kappa shape index (κ3) is 1.68. The maximum atomic E-state index is 5.48. The summed E-state index contributed by atoms with van der Waals surface area (Å²) in [6.07, 6.45) is 6.23. The molecule has 3 rings (SSSR count). The minimum absolute atomic E-state index is 0.189. The molecular weight excluding hydrogens is 236 g/mol. The van der Waals surface area contributed by atoms with Crippen LogP contribution in [0.2, 0.25) is 0 Å². The van der Waals surface area contributed by atoms with Crippen molar-refractivity contribution < 1.29 is 0 Å². The zero-order chi connectivity index (χ0) is 11.8. The molecule has 0 atom stereocenters. The van der Waals surface area contributed by atoms with E-state index >= 15 is 0 Å². The van der Waals surface area contributed by atoms with E-state index in [4.69, 9.17) is 18.0 Å². The molecule has 0 radical (unpaired) electrons. The molecule has 2 aromatic rings. The normalized spacial score (nSPS) is 13.6. The minimum Gasteiger partial charge on any atom is -0.387 e. The van der Waals surface area contributed by atoms with Crippen LogP contribution in [0.25, 0.3) is 5.82 Å². The number of hydrogen-bond acceptors (Lipinski definition) is 5. The van der Waals surface area contributed by atoms with E-state index in [1.807, 2.05) is 0 Å². The number of aromatic nitrogens is 5. The fraction of sp³-hybridized carbons (Fsp3) is 0.300. The van der Waals surface area contributed by atoms with Crippen LogP contribution in [-0.4, -0.2) is 29.7 Å². The highest BCUT2D eigenvalue weighted by Gasteiger charge is 2.19. The Labute approximate surface area is 103 Å². The molecule has 6 nitrogen and oxygen atoms in total. The summed E-state index contributed by atoms with van der Waals surface area (Å²) >= 11 is 4.83. The zero-order valence-corrected chi connectivity index (χ0v) is 9.81. The summed E-state index contributed by atoms with van der Waals surface area (Å²) in [4.78, 5) is 12.8. The highest BCUT2D eigenvalue weighted by molar-refractivity contribution is 7.80. The molecule has 2 N–H and O–H groups in total. The molecule has 2 aromatic heterocycles. The molecule has 0 aromatic carbocycles. The van der Waals surface area contributed by atoms with Crippen molar-refractivity contribution in [2.24, 2.45) is 5.73 Å². The fourth-order valence-electron chi connectivity index (χ4n) is 2.02. The van der Waals surface area contributed by atoms with Crippen LogP contribution in [0, 0.1) is 0 Å². The Morgan fingerprint density at radius 1 is 1.29 bits per heavy atom. The van der Waals surface area contributed by atoms with E-state index in [-0.39, 0.29) is 4.99 Å². The third-order valence-corrected chi connectivity index (χ3v) is 2.96. The second-order valence-electron chi connectivity index (χ2n) is 3.85. The van der Waals surface area contributed by atoms with Crippen LogP contribution in [0.4, 0.5) is 0 Å². The van der Waals surface area contributed by atoms with E-state index in [0.717, 1.165) is 36.3 Å². The second-order valence-corrected chi connectivity index (χ2v) is 4.29. The Balaban J connectivity index is 2.09. The lowest BCUT2D eigenvalue weighted by molar-refractivity contribution is 0.815. The average molecular weight is 246 g/mol. The molecule has 0 fully saturated rings. The molecule has 0 saturated heterocycles. The van der Waals surface area contributed by atoms with Crippen molar-refractivity contribution in [1.82, 2.24) is 24.7 Å². The molecule has 0 amide bonds. The standard InChI is InChI=1S/C10H10N6S/c11-8(17)9-14-5-16(15-9)10-6-2-1-3-7(6)12-4-13-10/h4-5H,1-3H2,(H2,11,17). The van der Waals surface area contributed by atoms with Gasteiger partial charge in [-0.25, -0.2) is 19.6 Å². The maximum absolute atomic E-state index is 5.48. The highest BCUT2D eigenvalue weighted by atomic mass is 32.1. The Kier molecular flexibility index (Phi) is 2.32. The minimum atomic E-state index is 0.189. The first-order valence-electron chi connectivity index (χ1n) is 5.30. The van der Waals surface area contributed by atoms with Crippen LogP contribution < -0.4 is 5.73 Å². The summed E-state index contributed by atoms with van der Waals surface area (Å²) in [7, 11) is 0. The number of fused-ring (bicyclic) bond motifs is 1. The monoisotopic (exact) mass is 246 g/mol. The molecule has 0 bridgehead atoms. The Bertz CT molecular complexity index is 590. The molecule has 0 aliphatic heterocycles. The largest absolute Gasteiger partial charge is 0.387 e. The number of aryl methyl sites for hydroxylation is 1. The first-order valence-corrected chi connectivity index (χ1v) is 5.71. The number of nitrogens with two attached hydrogens (primary N) is 1. The predicted molar refractivity (Wildman–Crippen MR) is 64.9 cm³/mol. The van der Waals surface area contributed by atoms with Crippen molar-refractivity contribution in [3.63, 3.8) is 0 Å². The molecule has 0 spiro atoms. The van der Waals surface area contributed by atoms with Gasteiger partial charge >= 0.3 is 0 Å². The number of thiocarbonyl (C=S) groups is 1. The van der Waals surface area contributed by atoms with Gasteiger partial charge in [0.1, 0.15) is 17.6 Å². The van der Waals surface area contributed by atoms with E-state index < -0.39 is 0 Å². The van der Waals surface area contributed by atoms with Gasteiger partial charge in [-0.1, -0.05) is 12.2 Å². The molecule has 1 aliphatic rings. The van der Waals surface area contributed by atoms with Gasteiger partial charge < -0.3 is 5.73 Å². The summed E-state index contributed by atoms with van der Waals surface area (Å²) in [5.74, 6) is 1.15. The molecule has 0 unspecified atom stereocenters. The van der Waals surface area contributed by atoms with Crippen LogP contribution in [0.15, 0.2) is 12.7 Å². The fourth-order valence-corrected chi connectivity index (χ4v) is 2.11. The predicted octanol–water partition coefficient (Wildman–Crippen LogP) is 0.180. The van der Waals surface area contributed by atoms with E-state index in [0.29, 0.717) is 5.82 Å². The maximum Gasteiger partial charge on any atom is 0.208 e. The Morgan fingerprint density at radius 2 is 2.18 bits per heavy atom. The Hall–Kier alpha value is -1.89. The van der Waals surface area contributed by atoms with Crippen LogP contribution in [0.1, 0.15) is 23.5 Å². The van der Waals surface area contributed by atoms with Crippen molar-refractivity contribution in [2.75, 3.05) is 0 Å². The van der Waals surface area contributed by atoms with Gasteiger partial charge in [-0.15, -0.1) is 5.10 Å².